The van der Waals surface area contributed by atoms with Crippen molar-refractivity contribution in [3.05, 3.63) is 97.7 Å². The van der Waals surface area contributed by atoms with Crippen LogP contribution in [0, 0.1) is 5.41 Å². The molecule has 38 heavy (non-hydrogen) atoms. The Hall–Kier alpha value is -3.80. The van der Waals surface area contributed by atoms with Crippen LogP contribution >= 0.6 is 22.9 Å². The largest absolute Gasteiger partial charge is 0.416 e. The van der Waals surface area contributed by atoms with Crippen LogP contribution in [0.4, 0.5) is 13.2 Å². The molecule has 1 atom stereocenters. The number of alkyl halides is 3. The minimum absolute atomic E-state index is 0.105. The lowest BCUT2D eigenvalue weighted by atomic mass is 10.0. The van der Waals surface area contributed by atoms with E-state index in [0.717, 1.165) is 28.5 Å². The molecule has 196 valence electrons. The predicted octanol–water partition coefficient (Wildman–Crippen LogP) is 4.11. The van der Waals surface area contributed by atoms with Gasteiger partial charge in [-0.05, 0) is 29.8 Å². The third-order valence-corrected chi connectivity index (χ3v) is 7.22. The van der Waals surface area contributed by atoms with Crippen LogP contribution in [-0.4, -0.2) is 42.0 Å². The summed E-state index contributed by atoms with van der Waals surface area (Å²) in [6, 6.07) is 12.4. The average molecular weight is 562 g/mol. The highest BCUT2D eigenvalue weighted by atomic mass is 35.5. The smallest absolute Gasteiger partial charge is 0.330 e. The first-order valence-corrected chi connectivity index (χ1v) is 12.5. The second-order valence-electron chi connectivity index (χ2n) is 8.27. The van der Waals surface area contributed by atoms with Crippen LogP contribution in [0.25, 0.3) is 5.70 Å². The van der Waals surface area contributed by atoms with E-state index in [0.29, 0.717) is 11.3 Å². The number of hydrogen-bond donors (Lipinski definition) is 3. The fourth-order valence-corrected chi connectivity index (χ4v) is 5.25. The molecule has 7 nitrogen and oxygen atoms in total. The van der Waals surface area contributed by atoms with Gasteiger partial charge in [0.15, 0.2) is 5.70 Å². The van der Waals surface area contributed by atoms with E-state index in [9.17, 15) is 27.6 Å². The maximum atomic E-state index is 13.7. The molecule has 0 saturated carbocycles. The number of nitrogens with one attached hydrogen (secondary N) is 2. The summed E-state index contributed by atoms with van der Waals surface area (Å²) in [6.07, 6.45) is -5.58. The van der Waals surface area contributed by atoms with Crippen LogP contribution in [-0.2, 0) is 12.6 Å². The molecule has 3 amide bonds. The Morgan fingerprint density at radius 1 is 1.13 bits per heavy atom. The molecule has 12 heteroatoms. The van der Waals surface area contributed by atoms with Crippen LogP contribution < -0.4 is 10.6 Å². The highest BCUT2D eigenvalue weighted by Gasteiger charge is 2.42. The first-order chi connectivity index (χ1) is 18.1. The summed E-state index contributed by atoms with van der Waals surface area (Å²) in [5.41, 5.74) is 0.188. The maximum absolute atomic E-state index is 13.7. The molecule has 0 spiro atoms. The molecule has 1 aromatic heterocycles. The monoisotopic (exact) mass is 561 g/mol. The zero-order chi connectivity index (χ0) is 27.6. The van der Waals surface area contributed by atoms with Crippen molar-refractivity contribution in [2.75, 3.05) is 7.05 Å². The fourth-order valence-electron chi connectivity index (χ4n) is 4.22. The molecule has 2 aromatic carbocycles. The van der Waals surface area contributed by atoms with Crippen LogP contribution in [0.3, 0.4) is 0 Å². The first-order valence-electron chi connectivity index (χ1n) is 11.3. The third kappa shape index (κ3) is 5.26. The molecule has 0 bridgehead atoms. The summed E-state index contributed by atoms with van der Waals surface area (Å²) in [7, 11) is 1.72. The molecule has 0 radical (unpaired) electrons. The van der Waals surface area contributed by atoms with E-state index in [2.05, 4.69) is 5.32 Å². The predicted molar refractivity (Wildman–Crippen MR) is 137 cm³/mol. The standard InChI is InChI=1S/C26H20ClF3N4O3S/c1-32-22(19(27)12-31)15-10-20(38-13-15)23(35)33-21(11-14-6-2-5-9-18(14)26(28,29)30)34-24(36)16-7-3-4-8-17(16)25(34)37/h2-10,12-13,21,31-32H,11H2,1H3,(H,33,35)/p+1/b22-19+,31-12?/t21-/m1/s1. The number of thiophene rings is 1. The molecule has 0 aliphatic carbocycles. The van der Waals surface area contributed by atoms with E-state index in [-0.39, 0.29) is 26.6 Å². The Bertz CT molecular complexity index is 1430. The van der Waals surface area contributed by atoms with Crippen molar-refractivity contribution in [2.45, 2.75) is 18.8 Å². The van der Waals surface area contributed by atoms with Crippen molar-refractivity contribution in [2.24, 2.45) is 0 Å². The lowest BCUT2D eigenvalue weighted by molar-refractivity contribution is -0.530. The van der Waals surface area contributed by atoms with Crippen molar-refractivity contribution in [1.82, 2.24) is 10.2 Å². The maximum Gasteiger partial charge on any atom is 0.416 e. The number of hydrogen-bond acceptors (Lipinski definition) is 5. The number of carbonyl (C=O) groups excluding carboxylic acids is 3. The summed E-state index contributed by atoms with van der Waals surface area (Å²) >= 11 is 7.13. The topological polar surface area (TPSA) is 107 Å². The molecule has 2 heterocycles. The number of fused-ring (bicyclic) bond motifs is 1. The van der Waals surface area contributed by atoms with Crippen molar-refractivity contribution in [3.8, 4) is 0 Å². The molecule has 1 aliphatic rings. The van der Waals surface area contributed by atoms with Gasteiger partial charge in [0.05, 0.1) is 28.6 Å². The van der Waals surface area contributed by atoms with E-state index in [1.54, 1.807) is 29.9 Å². The molecular formula is C26H21ClF3N4O3S+. The Balaban J connectivity index is 1.71. The van der Waals surface area contributed by atoms with Gasteiger partial charge in [-0.3, -0.25) is 19.3 Å². The van der Waals surface area contributed by atoms with Crippen molar-refractivity contribution in [3.63, 3.8) is 0 Å². The van der Waals surface area contributed by atoms with E-state index < -0.39 is 42.0 Å². The van der Waals surface area contributed by atoms with Crippen LogP contribution in [0.15, 0.2) is 65.0 Å². The second-order valence-corrected chi connectivity index (χ2v) is 9.59. The summed E-state index contributed by atoms with van der Waals surface area (Å²) in [5.74, 6) is -2.11. The molecule has 4 N–H and O–H groups in total. The molecule has 0 unspecified atom stereocenters. The summed E-state index contributed by atoms with van der Waals surface area (Å²) in [6.45, 7) is 0. The van der Waals surface area contributed by atoms with Gasteiger partial charge in [0.2, 0.25) is 0 Å². The minimum atomic E-state index is -4.68. The Morgan fingerprint density at radius 2 is 1.74 bits per heavy atom. The van der Waals surface area contributed by atoms with E-state index in [4.69, 9.17) is 17.0 Å². The number of allylic oxidation sites excluding steroid dienone is 1. The summed E-state index contributed by atoms with van der Waals surface area (Å²) in [4.78, 5) is 40.6. The number of benzene rings is 2. The number of imide groups is 1. The molecule has 3 aromatic rings. The number of nitrogens with zero attached hydrogens (tertiary/aromatic N) is 1. The van der Waals surface area contributed by atoms with E-state index in [1.807, 2.05) is 0 Å². The Labute approximate surface area is 224 Å². The number of quaternary nitrogens is 1. The number of amides is 3. The summed E-state index contributed by atoms with van der Waals surface area (Å²) in [5, 5.41) is 13.4. The number of halogens is 4. The molecule has 1 aliphatic heterocycles. The lowest BCUT2D eigenvalue weighted by Crippen LogP contribution is -2.76. The number of carbonyl (C=O) groups is 3. The molecule has 4 rings (SSSR count). The number of rotatable bonds is 8. The van der Waals surface area contributed by atoms with Crippen LogP contribution in [0.1, 0.15) is 47.1 Å². The second kappa shape index (κ2) is 10.9. The summed E-state index contributed by atoms with van der Waals surface area (Å²) < 4.78 is 41.1. The van der Waals surface area contributed by atoms with Gasteiger partial charge in [-0.15, -0.1) is 11.3 Å². The Kier molecular flexibility index (Phi) is 7.81. The van der Waals surface area contributed by atoms with Gasteiger partial charge in [0, 0.05) is 23.6 Å². The minimum Gasteiger partial charge on any atom is -0.330 e. The average Bonchev–Trinajstić information content (AvgIpc) is 3.47. The molecule has 0 fully saturated rings. The molecular weight excluding hydrogens is 541 g/mol. The van der Waals surface area contributed by atoms with Crippen molar-refractivity contribution < 1.29 is 32.9 Å². The van der Waals surface area contributed by atoms with Gasteiger partial charge >= 0.3 is 6.18 Å². The highest BCUT2D eigenvalue weighted by Crippen LogP contribution is 2.33. The normalized spacial score (nSPS) is 14.7. The van der Waals surface area contributed by atoms with Gasteiger partial charge < -0.3 is 16.0 Å². The third-order valence-electron chi connectivity index (χ3n) is 5.98. The van der Waals surface area contributed by atoms with Gasteiger partial charge in [-0.2, -0.15) is 13.2 Å². The zero-order valence-electron chi connectivity index (χ0n) is 19.8. The van der Waals surface area contributed by atoms with Gasteiger partial charge in [0.25, 0.3) is 17.7 Å². The number of nitrogens with two attached hydrogens (primary N) is 1. The first kappa shape index (κ1) is 27.2. The zero-order valence-corrected chi connectivity index (χ0v) is 21.4. The van der Waals surface area contributed by atoms with Crippen molar-refractivity contribution in [1.29, 1.82) is 5.41 Å². The Morgan fingerprint density at radius 3 is 2.32 bits per heavy atom. The SMILES string of the molecule is C[NH2+]/C(=C(/Cl)C=N)c1csc(C(=O)N[C@@H](Cc2ccccc2C(F)(F)F)N2C(=O)c3ccccc3C2=O)c1. The lowest BCUT2D eigenvalue weighted by Gasteiger charge is -2.28. The van der Waals surface area contributed by atoms with Gasteiger partial charge in [-0.1, -0.05) is 41.9 Å². The van der Waals surface area contributed by atoms with Crippen molar-refractivity contribution >= 4 is 52.6 Å². The van der Waals surface area contributed by atoms with Crippen LogP contribution in [0.2, 0.25) is 0 Å². The van der Waals surface area contributed by atoms with E-state index >= 15 is 0 Å². The molecule has 0 saturated heterocycles. The van der Waals surface area contributed by atoms with Gasteiger partial charge in [-0.25, -0.2) is 0 Å². The van der Waals surface area contributed by atoms with E-state index in [1.165, 1.54) is 36.4 Å². The quantitative estimate of drug-likeness (QED) is 0.284. The van der Waals surface area contributed by atoms with Gasteiger partial charge in [0.1, 0.15) is 11.2 Å². The van der Waals surface area contributed by atoms with Crippen LogP contribution in [0.5, 0.6) is 0 Å². The fraction of sp³-hybridized carbons (Fsp3) is 0.154. The highest BCUT2D eigenvalue weighted by molar-refractivity contribution is 7.12.